The number of carboxylic acid groups (broad SMARTS) is 1. The fraction of sp³-hybridized carbons (Fsp3) is 0.154. The Hall–Kier alpha value is -1.70. The Morgan fingerprint density at radius 2 is 1.90 bits per heavy atom. The smallest absolute Gasteiger partial charge is 0.335 e. The number of thiophene rings is 1. The molecule has 7 heteroatoms. The topological polar surface area (TPSA) is 83.5 Å². The van der Waals surface area contributed by atoms with Crippen LogP contribution in [0.25, 0.3) is 0 Å². The predicted octanol–water partition coefficient (Wildman–Crippen LogP) is 2.49. The number of carboxylic acids is 1. The zero-order valence-corrected chi connectivity index (χ0v) is 12.2. The van der Waals surface area contributed by atoms with Crippen molar-refractivity contribution in [3.63, 3.8) is 0 Å². The minimum atomic E-state index is -3.66. The summed E-state index contributed by atoms with van der Waals surface area (Å²) in [5.41, 5.74) is 0.0512. The molecule has 0 radical (unpaired) electrons. The van der Waals surface area contributed by atoms with E-state index in [1.807, 2.05) is 17.5 Å². The van der Waals surface area contributed by atoms with Gasteiger partial charge in [0.05, 0.1) is 16.5 Å². The molecule has 0 aliphatic heterocycles. The van der Waals surface area contributed by atoms with Crippen molar-refractivity contribution in [3.05, 3.63) is 52.2 Å². The van der Waals surface area contributed by atoms with Gasteiger partial charge in [0.25, 0.3) is 0 Å². The molecule has 2 aromatic rings. The van der Waals surface area contributed by atoms with Crippen LogP contribution in [0.2, 0.25) is 0 Å². The number of aromatic carboxylic acids is 1. The molecule has 0 fully saturated rings. The highest BCUT2D eigenvalue weighted by molar-refractivity contribution is 7.89. The number of hydrogen-bond donors (Lipinski definition) is 2. The van der Waals surface area contributed by atoms with Crippen LogP contribution in [0.5, 0.6) is 0 Å². The lowest BCUT2D eigenvalue weighted by atomic mass is 10.2. The summed E-state index contributed by atoms with van der Waals surface area (Å²) in [6.07, 6.45) is 0. The zero-order chi connectivity index (χ0) is 14.8. The molecule has 106 valence electrons. The summed E-state index contributed by atoms with van der Waals surface area (Å²) in [7, 11) is -3.66. The molecule has 0 aliphatic rings. The average Bonchev–Trinajstić information content (AvgIpc) is 2.92. The maximum Gasteiger partial charge on any atom is 0.335 e. The molecule has 0 saturated heterocycles. The van der Waals surface area contributed by atoms with Gasteiger partial charge in [-0.15, -0.1) is 11.3 Å². The van der Waals surface area contributed by atoms with Crippen LogP contribution in [0, 0.1) is 0 Å². The molecule has 0 bridgehead atoms. The summed E-state index contributed by atoms with van der Waals surface area (Å²) in [4.78, 5) is 11.7. The molecule has 5 nitrogen and oxygen atoms in total. The Bertz CT molecular complexity index is 690. The van der Waals surface area contributed by atoms with Crippen LogP contribution < -0.4 is 4.72 Å². The van der Waals surface area contributed by atoms with Gasteiger partial charge in [-0.3, -0.25) is 0 Å². The van der Waals surface area contributed by atoms with Gasteiger partial charge >= 0.3 is 5.97 Å². The highest BCUT2D eigenvalue weighted by atomic mass is 32.2. The van der Waals surface area contributed by atoms with Crippen LogP contribution in [-0.4, -0.2) is 19.5 Å². The van der Waals surface area contributed by atoms with Gasteiger partial charge in [0.1, 0.15) is 0 Å². The maximum atomic E-state index is 12.2. The van der Waals surface area contributed by atoms with Crippen LogP contribution in [0.1, 0.15) is 28.2 Å². The molecule has 0 saturated carbocycles. The second kappa shape index (κ2) is 5.74. The minimum absolute atomic E-state index is 0.0471. The van der Waals surface area contributed by atoms with Crippen molar-refractivity contribution < 1.29 is 18.3 Å². The van der Waals surface area contributed by atoms with Crippen LogP contribution in [0.15, 0.2) is 46.7 Å². The molecular formula is C13H13NO4S2. The summed E-state index contributed by atoms with van der Waals surface area (Å²) >= 11 is 1.47. The highest BCUT2D eigenvalue weighted by Crippen LogP contribution is 2.21. The van der Waals surface area contributed by atoms with Crippen molar-refractivity contribution in [2.24, 2.45) is 0 Å². The SMILES string of the molecule is C[C@H](NS(=O)(=O)c1ccc(C(=O)O)cc1)c1cccs1. The molecular weight excluding hydrogens is 298 g/mol. The van der Waals surface area contributed by atoms with Crippen molar-refractivity contribution in [1.82, 2.24) is 4.72 Å². The minimum Gasteiger partial charge on any atom is -0.478 e. The molecule has 1 aromatic carbocycles. The van der Waals surface area contributed by atoms with Gasteiger partial charge in [0.2, 0.25) is 10.0 Å². The first kappa shape index (κ1) is 14.7. The first-order chi connectivity index (χ1) is 9.40. The number of nitrogens with one attached hydrogen (secondary N) is 1. The van der Waals surface area contributed by atoms with Crippen LogP contribution in [0.4, 0.5) is 0 Å². The van der Waals surface area contributed by atoms with Gasteiger partial charge in [0.15, 0.2) is 0 Å². The third kappa shape index (κ3) is 3.24. The Kier molecular flexibility index (Phi) is 4.22. The Morgan fingerprint density at radius 3 is 2.40 bits per heavy atom. The molecule has 1 atom stereocenters. The van der Waals surface area contributed by atoms with Crippen LogP contribution in [-0.2, 0) is 10.0 Å². The first-order valence-electron chi connectivity index (χ1n) is 5.79. The van der Waals surface area contributed by atoms with E-state index >= 15 is 0 Å². The van der Waals surface area contributed by atoms with Gasteiger partial charge in [0, 0.05) is 4.88 Å². The van der Waals surface area contributed by atoms with Gasteiger partial charge in [-0.2, -0.15) is 0 Å². The summed E-state index contributed by atoms with van der Waals surface area (Å²) in [5, 5.41) is 10.7. The molecule has 2 N–H and O–H groups in total. The normalized spacial score (nSPS) is 13.1. The lowest BCUT2D eigenvalue weighted by Gasteiger charge is -2.12. The zero-order valence-electron chi connectivity index (χ0n) is 10.6. The van der Waals surface area contributed by atoms with Gasteiger partial charge in [-0.1, -0.05) is 6.07 Å². The summed E-state index contributed by atoms with van der Waals surface area (Å²) in [6, 6.07) is 8.48. The molecule has 0 aliphatic carbocycles. The first-order valence-corrected chi connectivity index (χ1v) is 8.15. The van der Waals surface area contributed by atoms with Crippen molar-refractivity contribution in [3.8, 4) is 0 Å². The Labute approximate surface area is 120 Å². The van der Waals surface area contributed by atoms with Crippen molar-refractivity contribution in [1.29, 1.82) is 0 Å². The van der Waals surface area contributed by atoms with Crippen LogP contribution >= 0.6 is 11.3 Å². The standard InChI is InChI=1S/C13H13NO4S2/c1-9(12-3-2-8-19-12)14-20(17,18)11-6-4-10(5-7-11)13(15)16/h2-9,14H,1H3,(H,15,16)/t9-/m0/s1. The van der Waals surface area contributed by atoms with E-state index in [-0.39, 0.29) is 16.5 Å². The van der Waals surface area contributed by atoms with Crippen molar-refractivity contribution in [2.75, 3.05) is 0 Å². The van der Waals surface area contributed by atoms with E-state index in [1.54, 1.807) is 6.92 Å². The predicted molar refractivity (Wildman–Crippen MR) is 76.5 cm³/mol. The number of hydrogen-bond acceptors (Lipinski definition) is 4. The van der Waals surface area contributed by atoms with Crippen molar-refractivity contribution >= 4 is 27.3 Å². The lowest BCUT2D eigenvalue weighted by molar-refractivity contribution is 0.0696. The lowest BCUT2D eigenvalue weighted by Crippen LogP contribution is -2.26. The molecule has 0 unspecified atom stereocenters. The van der Waals surface area contributed by atoms with E-state index in [1.165, 1.54) is 35.6 Å². The number of rotatable bonds is 5. The fourth-order valence-electron chi connectivity index (χ4n) is 1.67. The van der Waals surface area contributed by atoms with E-state index in [0.717, 1.165) is 4.88 Å². The molecule has 0 spiro atoms. The molecule has 0 amide bonds. The Balaban J connectivity index is 2.20. The van der Waals surface area contributed by atoms with Crippen molar-refractivity contribution in [2.45, 2.75) is 17.9 Å². The van der Waals surface area contributed by atoms with E-state index in [4.69, 9.17) is 5.11 Å². The van der Waals surface area contributed by atoms with E-state index in [9.17, 15) is 13.2 Å². The molecule has 1 heterocycles. The second-order valence-electron chi connectivity index (χ2n) is 4.19. The third-order valence-electron chi connectivity index (χ3n) is 2.71. The summed E-state index contributed by atoms with van der Waals surface area (Å²) in [6.45, 7) is 1.76. The largest absolute Gasteiger partial charge is 0.478 e. The van der Waals surface area contributed by atoms with E-state index < -0.39 is 16.0 Å². The summed E-state index contributed by atoms with van der Waals surface area (Å²) in [5.74, 6) is -1.09. The number of carbonyl (C=O) groups is 1. The quantitative estimate of drug-likeness (QED) is 0.888. The number of sulfonamides is 1. The third-order valence-corrected chi connectivity index (χ3v) is 5.33. The van der Waals surface area contributed by atoms with Gasteiger partial charge in [-0.05, 0) is 42.6 Å². The Morgan fingerprint density at radius 1 is 1.25 bits per heavy atom. The second-order valence-corrected chi connectivity index (χ2v) is 6.88. The van der Waals surface area contributed by atoms with E-state index in [0.29, 0.717) is 0 Å². The molecule has 1 aromatic heterocycles. The number of benzene rings is 1. The van der Waals surface area contributed by atoms with Gasteiger partial charge in [-0.25, -0.2) is 17.9 Å². The molecule has 2 rings (SSSR count). The highest BCUT2D eigenvalue weighted by Gasteiger charge is 2.19. The van der Waals surface area contributed by atoms with Gasteiger partial charge < -0.3 is 5.11 Å². The monoisotopic (exact) mass is 311 g/mol. The molecule has 20 heavy (non-hydrogen) atoms. The summed E-state index contributed by atoms with van der Waals surface area (Å²) < 4.78 is 26.9. The maximum absolute atomic E-state index is 12.2. The van der Waals surface area contributed by atoms with Crippen LogP contribution in [0.3, 0.4) is 0 Å². The average molecular weight is 311 g/mol. The van der Waals surface area contributed by atoms with E-state index in [2.05, 4.69) is 4.72 Å². The fourth-order valence-corrected chi connectivity index (χ4v) is 3.71.